The van der Waals surface area contributed by atoms with E-state index in [0.717, 1.165) is 17.1 Å². The normalized spacial score (nSPS) is 13.9. The van der Waals surface area contributed by atoms with Crippen LogP contribution in [0.1, 0.15) is 30.3 Å². The monoisotopic (exact) mass is 294 g/mol. The predicted octanol–water partition coefficient (Wildman–Crippen LogP) is 1.86. The maximum Gasteiger partial charge on any atom is 0.226 e. The number of aliphatic hydroxyl groups is 1. The van der Waals surface area contributed by atoms with E-state index in [0.29, 0.717) is 5.76 Å². The van der Waals surface area contributed by atoms with Crippen LogP contribution in [0.4, 0.5) is 0 Å². The van der Waals surface area contributed by atoms with E-state index in [2.05, 4.69) is 10.3 Å². The van der Waals surface area contributed by atoms with Crippen LogP contribution < -0.4 is 5.32 Å². The number of furan rings is 1. The summed E-state index contributed by atoms with van der Waals surface area (Å²) in [6, 6.07) is 3.38. The molecule has 0 spiro atoms. The van der Waals surface area contributed by atoms with Crippen LogP contribution in [0.5, 0.6) is 0 Å². The van der Waals surface area contributed by atoms with Crippen LogP contribution in [0.15, 0.2) is 28.2 Å². The van der Waals surface area contributed by atoms with Crippen molar-refractivity contribution in [2.75, 3.05) is 6.54 Å². The van der Waals surface area contributed by atoms with Gasteiger partial charge in [0.2, 0.25) is 5.91 Å². The second-order valence-electron chi connectivity index (χ2n) is 4.79. The fourth-order valence-electron chi connectivity index (χ4n) is 1.76. The number of hydrogen-bond acceptors (Lipinski definition) is 5. The van der Waals surface area contributed by atoms with Crippen molar-refractivity contribution in [1.29, 1.82) is 0 Å². The van der Waals surface area contributed by atoms with E-state index in [9.17, 15) is 9.90 Å². The first-order valence-electron chi connectivity index (χ1n) is 6.47. The molecule has 1 amide bonds. The number of nitrogens with zero attached hydrogens (tertiary/aromatic N) is 1. The van der Waals surface area contributed by atoms with E-state index in [1.807, 2.05) is 12.3 Å². The van der Waals surface area contributed by atoms with Crippen LogP contribution in [-0.2, 0) is 23.2 Å². The van der Waals surface area contributed by atoms with Crippen LogP contribution in [-0.4, -0.2) is 22.5 Å². The second-order valence-corrected chi connectivity index (χ2v) is 5.73. The van der Waals surface area contributed by atoms with Gasteiger partial charge in [-0.3, -0.25) is 4.79 Å². The first-order chi connectivity index (χ1) is 9.51. The minimum absolute atomic E-state index is 0.101. The van der Waals surface area contributed by atoms with E-state index >= 15 is 0 Å². The molecule has 0 aromatic carbocycles. The second kappa shape index (κ2) is 6.19. The third-order valence-corrected chi connectivity index (χ3v) is 3.97. The van der Waals surface area contributed by atoms with Crippen molar-refractivity contribution in [2.45, 2.75) is 32.3 Å². The highest BCUT2D eigenvalue weighted by Crippen LogP contribution is 2.19. The summed E-state index contributed by atoms with van der Waals surface area (Å²) in [7, 11) is 0. The van der Waals surface area contributed by atoms with Gasteiger partial charge in [-0.2, -0.15) is 0 Å². The number of aryl methyl sites for hydroxylation is 1. The quantitative estimate of drug-likeness (QED) is 0.853. The Balaban J connectivity index is 1.86. The Morgan fingerprint density at radius 3 is 3.00 bits per heavy atom. The minimum atomic E-state index is -1.21. The van der Waals surface area contributed by atoms with E-state index in [4.69, 9.17) is 4.42 Å². The molecule has 2 N–H and O–H groups in total. The highest BCUT2D eigenvalue weighted by atomic mass is 32.1. The highest BCUT2D eigenvalue weighted by molar-refractivity contribution is 7.09. The average Bonchev–Trinajstić information content (AvgIpc) is 3.07. The molecule has 108 valence electrons. The first kappa shape index (κ1) is 14.7. The molecule has 2 aromatic rings. The summed E-state index contributed by atoms with van der Waals surface area (Å²) in [4.78, 5) is 16.2. The van der Waals surface area contributed by atoms with Crippen molar-refractivity contribution >= 4 is 17.2 Å². The Morgan fingerprint density at radius 2 is 2.40 bits per heavy atom. The van der Waals surface area contributed by atoms with E-state index in [-0.39, 0.29) is 18.9 Å². The molecule has 0 saturated heterocycles. The number of hydrogen-bond donors (Lipinski definition) is 2. The highest BCUT2D eigenvalue weighted by Gasteiger charge is 2.26. The Morgan fingerprint density at radius 1 is 1.60 bits per heavy atom. The molecule has 1 unspecified atom stereocenters. The summed E-state index contributed by atoms with van der Waals surface area (Å²) in [6.45, 7) is 3.73. The summed E-state index contributed by atoms with van der Waals surface area (Å²) in [5.41, 5.74) is -0.447. The fraction of sp³-hybridized carbons (Fsp3) is 0.429. The zero-order chi connectivity index (χ0) is 14.6. The van der Waals surface area contributed by atoms with E-state index in [1.54, 1.807) is 30.4 Å². The Labute approximate surface area is 121 Å². The standard InChI is InChI=1S/C14H18N2O3S/c1-3-13-16-10(8-20-13)7-12(17)15-9-14(2,18)11-5-4-6-19-11/h4-6,8,18H,3,7,9H2,1-2H3,(H,15,17). The Bertz CT molecular complexity index is 561. The summed E-state index contributed by atoms with van der Waals surface area (Å²) in [5, 5.41) is 15.8. The van der Waals surface area contributed by atoms with Crippen LogP contribution in [0, 0.1) is 0 Å². The van der Waals surface area contributed by atoms with Gasteiger partial charge < -0.3 is 14.8 Å². The SMILES string of the molecule is CCc1nc(CC(=O)NCC(C)(O)c2ccco2)cs1. The number of rotatable bonds is 6. The van der Waals surface area contributed by atoms with Crippen molar-refractivity contribution in [2.24, 2.45) is 0 Å². The molecule has 0 bridgehead atoms. The zero-order valence-electron chi connectivity index (χ0n) is 11.5. The van der Waals surface area contributed by atoms with Crippen LogP contribution >= 0.6 is 11.3 Å². The molecule has 1 atom stereocenters. The maximum atomic E-state index is 11.8. The van der Waals surface area contributed by atoms with Crippen molar-refractivity contribution in [3.8, 4) is 0 Å². The first-order valence-corrected chi connectivity index (χ1v) is 7.35. The number of amides is 1. The molecule has 2 heterocycles. The third kappa shape index (κ3) is 3.68. The lowest BCUT2D eigenvalue weighted by Gasteiger charge is -2.20. The van der Waals surface area contributed by atoms with Gasteiger partial charge >= 0.3 is 0 Å². The lowest BCUT2D eigenvalue weighted by atomic mass is 10.0. The summed E-state index contributed by atoms with van der Waals surface area (Å²) in [6.07, 6.45) is 2.59. The molecule has 0 radical (unpaired) electrons. The van der Waals surface area contributed by atoms with Gasteiger partial charge in [0, 0.05) is 5.38 Å². The summed E-state index contributed by atoms with van der Waals surface area (Å²) < 4.78 is 5.15. The molecule has 0 saturated carbocycles. The smallest absolute Gasteiger partial charge is 0.226 e. The van der Waals surface area contributed by atoms with Crippen LogP contribution in [0.2, 0.25) is 0 Å². The molecule has 20 heavy (non-hydrogen) atoms. The number of nitrogens with one attached hydrogen (secondary N) is 1. The third-order valence-electron chi connectivity index (χ3n) is 2.93. The van der Waals surface area contributed by atoms with Gasteiger partial charge in [-0.15, -0.1) is 11.3 Å². The molecule has 0 fully saturated rings. The van der Waals surface area contributed by atoms with Gasteiger partial charge in [-0.25, -0.2) is 4.98 Å². The number of carbonyl (C=O) groups is 1. The summed E-state index contributed by atoms with van der Waals surface area (Å²) >= 11 is 1.56. The average molecular weight is 294 g/mol. The van der Waals surface area contributed by atoms with Gasteiger partial charge in [0.1, 0.15) is 11.4 Å². The van der Waals surface area contributed by atoms with Gasteiger partial charge in [-0.1, -0.05) is 6.92 Å². The molecule has 5 nitrogen and oxygen atoms in total. The summed E-state index contributed by atoms with van der Waals surface area (Å²) in [5.74, 6) is 0.268. The van der Waals surface area contributed by atoms with E-state index < -0.39 is 5.60 Å². The number of carbonyl (C=O) groups excluding carboxylic acids is 1. The van der Waals surface area contributed by atoms with Gasteiger partial charge in [0.25, 0.3) is 0 Å². The lowest BCUT2D eigenvalue weighted by molar-refractivity contribution is -0.121. The molecule has 0 aliphatic rings. The molecule has 2 rings (SSSR count). The largest absolute Gasteiger partial charge is 0.466 e. The molecular weight excluding hydrogens is 276 g/mol. The molecular formula is C14H18N2O3S. The van der Waals surface area contributed by atoms with Gasteiger partial charge in [-0.05, 0) is 25.5 Å². The van der Waals surface area contributed by atoms with Crippen LogP contribution in [0.25, 0.3) is 0 Å². The fourth-order valence-corrected chi connectivity index (χ4v) is 2.51. The number of aromatic nitrogens is 1. The van der Waals surface area contributed by atoms with E-state index in [1.165, 1.54) is 6.26 Å². The van der Waals surface area contributed by atoms with Crippen molar-refractivity contribution < 1.29 is 14.3 Å². The molecule has 0 aliphatic heterocycles. The van der Waals surface area contributed by atoms with Gasteiger partial charge in [0.05, 0.1) is 29.9 Å². The predicted molar refractivity (Wildman–Crippen MR) is 76.5 cm³/mol. The number of thiazole rings is 1. The van der Waals surface area contributed by atoms with Gasteiger partial charge in [0.15, 0.2) is 0 Å². The Kier molecular flexibility index (Phi) is 4.57. The maximum absolute atomic E-state index is 11.8. The van der Waals surface area contributed by atoms with Crippen LogP contribution in [0.3, 0.4) is 0 Å². The molecule has 2 aromatic heterocycles. The molecule has 0 aliphatic carbocycles. The topological polar surface area (TPSA) is 75.4 Å². The van der Waals surface area contributed by atoms with Crippen molar-refractivity contribution in [3.05, 3.63) is 40.2 Å². The lowest BCUT2D eigenvalue weighted by Crippen LogP contribution is -2.39. The zero-order valence-corrected chi connectivity index (χ0v) is 12.4. The van der Waals surface area contributed by atoms with Crippen molar-refractivity contribution in [1.82, 2.24) is 10.3 Å². The van der Waals surface area contributed by atoms with Crippen molar-refractivity contribution in [3.63, 3.8) is 0 Å². The molecule has 6 heteroatoms. The Hall–Kier alpha value is -1.66. The minimum Gasteiger partial charge on any atom is -0.466 e.